The van der Waals surface area contributed by atoms with E-state index >= 15 is 0 Å². The molecule has 1 aliphatic rings. The molecule has 2 N–H and O–H groups in total. The molecule has 7 heteroatoms. The summed E-state index contributed by atoms with van der Waals surface area (Å²) in [6, 6.07) is 10.5. The first-order chi connectivity index (χ1) is 13.7. The summed E-state index contributed by atoms with van der Waals surface area (Å²) in [5.74, 6) is 1.80. The zero-order valence-electron chi connectivity index (χ0n) is 18.2. The van der Waals surface area contributed by atoms with E-state index in [2.05, 4.69) is 29.4 Å². The van der Waals surface area contributed by atoms with Crippen LogP contribution in [-0.2, 0) is 4.74 Å². The fraction of sp³-hybridized carbons (Fsp3) is 0.682. The van der Waals surface area contributed by atoms with Gasteiger partial charge in [-0.15, -0.1) is 24.0 Å². The number of halogens is 1. The number of nitrogens with one attached hydrogen (secondary N) is 2. The lowest BCUT2D eigenvalue weighted by atomic mass is 10.1. The minimum Gasteiger partial charge on any atom is -0.489 e. The Labute approximate surface area is 193 Å². The summed E-state index contributed by atoms with van der Waals surface area (Å²) in [5.41, 5.74) is 0. The van der Waals surface area contributed by atoms with Gasteiger partial charge in [0.25, 0.3) is 0 Å². The highest BCUT2D eigenvalue weighted by Gasteiger charge is 2.19. The molecule has 166 valence electrons. The van der Waals surface area contributed by atoms with Gasteiger partial charge in [-0.3, -0.25) is 0 Å². The number of piperidine rings is 1. The minimum atomic E-state index is 0. The Morgan fingerprint density at radius 1 is 1.21 bits per heavy atom. The second-order valence-corrected chi connectivity index (χ2v) is 7.29. The molecule has 1 atom stereocenters. The van der Waals surface area contributed by atoms with Crippen molar-refractivity contribution in [2.45, 2.75) is 51.7 Å². The predicted molar refractivity (Wildman–Crippen MR) is 132 cm³/mol. The van der Waals surface area contributed by atoms with E-state index in [1.165, 1.54) is 0 Å². The van der Waals surface area contributed by atoms with Crippen molar-refractivity contribution in [3.63, 3.8) is 0 Å². The van der Waals surface area contributed by atoms with Crippen LogP contribution in [0.25, 0.3) is 0 Å². The molecule has 0 amide bonds. The first kappa shape index (κ1) is 26.0. The fourth-order valence-corrected chi connectivity index (χ4v) is 3.38. The second kappa shape index (κ2) is 15.7. The lowest BCUT2D eigenvalue weighted by Crippen LogP contribution is -2.49. The molecular formula is C22H39IN4O2. The van der Waals surface area contributed by atoms with Crippen molar-refractivity contribution in [3.05, 3.63) is 30.3 Å². The third-order valence-electron chi connectivity index (χ3n) is 5.05. The third kappa shape index (κ3) is 10.5. The third-order valence-corrected chi connectivity index (χ3v) is 5.05. The molecule has 0 spiro atoms. The Morgan fingerprint density at radius 2 is 1.93 bits per heavy atom. The van der Waals surface area contributed by atoms with Gasteiger partial charge in [0, 0.05) is 45.9 Å². The van der Waals surface area contributed by atoms with Gasteiger partial charge in [-0.05, 0) is 44.7 Å². The molecule has 1 unspecified atom stereocenters. The SMILES string of the molecule is CCNC(=NCC(CC)Oc1ccccc1)NC1CCN(CCCOC)CC1.I. The van der Waals surface area contributed by atoms with Gasteiger partial charge in [0.2, 0.25) is 0 Å². The molecule has 2 rings (SSSR count). The topological polar surface area (TPSA) is 58.1 Å². The number of benzene rings is 1. The van der Waals surface area contributed by atoms with Gasteiger partial charge in [0.15, 0.2) is 5.96 Å². The highest BCUT2D eigenvalue weighted by molar-refractivity contribution is 14.0. The molecule has 1 aromatic carbocycles. The summed E-state index contributed by atoms with van der Waals surface area (Å²) < 4.78 is 11.2. The van der Waals surface area contributed by atoms with Gasteiger partial charge in [0.05, 0.1) is 6.54 Å². The average molecular weight is 518 g/mol. The summed E-state index contributed by atoms with van der Waals surface area (Å²) >= 11 is 0. The van der Waals surface area contributed by atoms with E-state index in [0.717, 1.165) is 70.2 Å². The van der Waals surface area contributed by atoms with Gasteiger partial charge in [-0.2, -0.15) is 0 Å². The Kier molecular flexibility index (Phi) is 14.1. The number of para-hydroxylation sites is 1. The molecule has 1 aromatic rings. The zero-order valence-corrected chi connectivity index (χ0v) is 20.6. The smallest absolute Gasteiger partial charge is 0.191 e. The maximum atomic E-state index is 6.06. The standard InChI is InChI=1S/C22H38N4O2.HI/c1-4-20(28-21-10-7-6-8-11-21)18-24-22(23-5-2)25-19-12-15-26(16-13-19)14-9-17-27-3;/h6-8,10-11,19-20H,4-5,9,12-18H2,1-3H3,(H2,23,24,25);1H. The van der Waals surface area contributed by atoms with Gasteiger partial charge < -0.3 is 25.0 Å². The normalized spacial score (nSPS) is 16.7. The summed E-state index contributed by atoms with van der Waals surface area (Å²) in [6.45, 7) is 10.00. The van der Waals surface area contributed by atoms with E-state index in [1.807, 2.05) is 30.3 Å². The van der Waals surface area contributed by atoms with Crippen molar-refractivity contribution in [2.24, 2.45) is 4.99 Å². The molecular weight excluding hydrogens is 479 g/mol. The van der Waals surface area contributed by atoms with Crippen LogP contribution < -0.4 is 15.4 Å². The van der Waals surface area contributed by atoms with Gasteiger partial charge in [-0.1, -0.05) is 25.1 Å². The maximum absolute atomic E-state index is 6.06. The van der Waals surface area contributed by atoms with E-state index in [0.29, 0.717) is 12.6 Å². The molecule has 1 saturated heterocycles. The Bertz CT molecular complexity index is 551. The van der Waals surface area contributed by atoms with Crippen LogP contribution in [0.4, 0.5) is 0 Å². The number of nitrogens with zero attached hydrogens (tertiary/aromatic N) is 2. The number of likely N-dealkylation sites (tertiary alicyclic amines) is 1. The van der Waals surface area contributed by atoms with Gasteiger partial charge >= 0.3 is 0 Å². The maximum Gasteiger partial charge on any atom is 0.191 e. The number of hydrogen-bond donors (Lipinski definition) is 2. The Morgan fingerprint density at radius 3 is 2.55 bits per heavy atom. The van der Waals surface area contributed by atoms with Crippen LogP contribution in [0.5, 0.6) is 5.75 Å². The number of aliphatic imine (C=N–C) groups is 1. The Balaban J connectivity index is 0.00000420. The van der Waals surface area contributed by atoms with Crippen molar-refractivity contribution >= 4 is 29.9 Å². The minimum absolute atomic E-state index is 0. The molecule has 0 saturated carbocycles. The summed E-state index contributed by atoms with van der Waals surface area (Å²) in [7, 11) is 1.77. The van der Waals surface area contributed by atoms with Gasteiger partial charge in [-0.25, -0.2) is 4.99 Å². The highest BCUT2D eigenvalue weighted by Crippen LogP contribution is 2.13. The fourth-order valence-electron chi connectivity index (χ4n) is 3.38. The first-order valence-electron chi connectivity index (χ1n) is 10.7. The molecule has 0 aliphatic carbocycles. The highest BCUT2D eigenvalue weighted by atomic mass is 127. The summed E-state index contributed by atoms with van der Waals surface area (Å²) in [6.07, 6.45) is 4.42. The molecule has 6 nitrogen and oxygen atoms in total. The number of guanidine groups is 1. The number of ether oxygens (including phenoxy) is 2. The number of rotatable bonds is 11. The lowest BCUT2D eigenvalue weighted by molar-refractivity contribution is 0.155. The molecule has 1 aliphatic heterocycles. The predicted octanol–water partition coefficient (Wildman–Crippen LogP) is 3.52. The van der Waals surface area contributed by atoms with Crippen LogP contribution in [0.2, 0.25) is 0 Å². The van der Waals surface area contributed by atoms with Crippen LogP contribution in [0.15, 0.2) is 35.3 Å². The average Bonchev–Trinajstić information content (AvgIpc) is 2.73. The molecule has 0 bridgehead atoms. The molecule has 29 heavy (non-hydrogen) atoms. The van der Waals surface area contributed by atoms with Crippen LogP contribution in [0.3, 0.4) is 0 Å². The summed E-state index contributed by atoms with van der Waals surface area (Å²) in [4.78, 5) is 7.32. The van der Waals surface area contributed by atoms with E-state index in [4.69, 9.17) is 14.5 Å². The number of methoxy groups -OCH3 is 1. The van der Waals surface area contributed by atoms with Crippen molar-refractivity contribution in [1.82, 2.24) is 15.5 Å². The van der Waals surface area contributed by atoms with Crippen molar-refractivity contribution in [1.29, 1.82) is 0 Å². The van der Waals surface area contributed by atoms with Crippen LogP contribution in [0, 0.1) is 0 Å². The Hall–Kier alpha value is -1.06. The van der Waals surface area contributed by atoms with Crippen molar-refractivity contribution in [2.75, 3.05) is 46.4 Å². The first-order valence-corrected chi connectivity index (χ1v) is 10.7. The molecule has 0 radical (unpaired) electrons. The van der Waals surface area contributed by atoms with Crippen LogP contribution in [-0.4, -0.2) is 69.4 Å². The number of hydrogen-bond acceptors (Lipinski definition) is 4. The van der Waals surface area contributed by atoms with Crippen LogP contribution >= 0.6 is 24.0 Å². The van der Waals surface area contributed by atoms with Crippen molar-refractivity contribution < 1.29 is 9.47 Å². The quantitative estimate of drug-likeness (QED) is 0.203. The molecule has 1 heterocycles. The lowest BCUT2D eigenvalue weighted by Gasteiger charge is -2.33. The zero-order chi connectivity index (χ0) is 20.0. The molecule has 1 fully saturated rings. The monoisotopic (exact) mass is 518 g/mol. The largest absolute Gasteiger partial charge is 0.489 e. The second-order valence-electron chi connectivity index (χ2n) is 7.29. The van der Waals surface area contributed by atoms with E-state index in [9.17, 15) is 0 Å². The van der Waals surface area contributed by atoms with Crippen molar-refractivity contribution in [3.8, 4) is 5.75 Å². The molecule has 0 aromatic heterocycles. The summed E-state index contributed by atoms with van der Waals surface area (Å²) in [5, 5.41) is 7.00. The van der Waals surface area contributed by atoms with Crippen LogP contribution in [0.1, 0.15) is 39.5 Å². The van der Waals surface area contributed by atoms with Gasteiger partial charge in [0.1, 0.15) is 11.9 Å². The van der Waals surface area contributed by atoms with E-state index in [1.54, 1.807) is 7.11 Å². The van der Waals surface area contributed by atoms with E-state index < -0.39 is 0 Å². The van der Waals surface area contributed by atoms with E-state index in [-0.39, 0.29) is 30.1 Å².